The summed E-state index contributed by atoms with van der Waals surface area (Å²) in [4.78, 5) is 0. The Morgan fingerprint density at radius 3 is 2.76 bits per heavy atom. The van der Waals surface area contributed by atoms with Crippen LogP contribution in [0.4, 0.5) is 0 Å². The van der Waals surface area contributed by atoms with E-state index in [2.05, 4.69) is 4.72 Å². The Hall–Kier alpha value is -0.430. The summed E-state index contributed by atoms with van der Waals surface area (Å²) in [5.74, 6) is 0.723. The molecule has 1 saturated carbocycles. The molecule has 4 nitrogen and oxygen atoms in total. The number of rotatable bonds is 6. The molecule has 1 fully saturated rings. The van der Waals surface area contributed by atoms with Gasteiger partial charge in [0.1, 0.15) is 4.21 Å². The fourth-order valence-corrected chi connectivity index (χ4v) is 4.17. The van der Waals surface area contributed by atoms with Crippen molar-refractivity contribution in [2.75, 3.05) is 6.54 Å². The number of hydrogen-bond acceptors (Lipinski definition) is 4. The smallest absolute Gasteiger partial charge is 0.250 e. The third kappa shape index (κ3) is 3.28. The highest BCUT2D eigenvalue weighted by molar-refractivity contribution is 7.91. The summed E-state index contributed by atoms with van der Waals surface area (Å²) < 4.78 is 26.8. The van der Waals surface area contributed by atoms with Crippen LogP contribution >= 0.6 is 11.3 Å². The van der Waals surface area contributed by atoms with E-state index in [1.54, 1.807) is 11.4 Å². The Balaban J connectivity index is 1.88. The molecule has 0 bridgehead atoms. The van der Waals surface area contributed by atoms with Gasteiger partial charge < -0.3 is 5.73 Å². The van der Waals surface area contributed by atoms with Crippen molar-refractivity contribution in [3.05, 3.63) is 17.0 Å². The maximum atomic E-state index is 11.9. The molecule has 0 radical (unpaired) electrons. The van der Waals surface area contributed by atoms with Crippen LogP contribution in [0.15, 0.2) is 15.7 Å². The molecule has 6 heteroatoms. The van der Waals surface area contributed by atoms with Crippen molar-refractivity contribution in [3.8, 4) is 0 Å². The third-order valence-electron chi connectivity index (χ3n) is 3.20. The predicted octanol–water partition coefficient (Wildman–Crippen LogP) is 1.68. The number of hydrogen-bond donors (Lipinski definition) is 2. The summed E-state index contributed by atoms with van der Waals surface area (Å²) >= 11 is 1.23. The molecule has 1 aromatic heterocycles. The van der Waals surface area contributed by atoms with E-state index < -0.39 is 10.0 Å². The Labute approximate surface area is 106 Å². The van der Waals surface area contributed by atoms with Gasteiger partial charge >= 0.3 is 0 Å². The lowest BCUT2D eigenvalue weighted by Crippen LogP contribution is -2.27. The molecule has 0 unspecified atom stereocenters. The minimum absolute atomic E-state index is 0.367. The van der Waals surface area contributed by atoms with E-state index in [1.165, 1.54) is 30.6 Å². The van der Waals surface area contributed by atoms with Gasteiger partial charge in [0.25, 0.3) is 0 Å². The fraction of sp³-hybridized carbons (Fsp3) is 0.636. The molecule has 96 valence electrons. The van der Waals surface area contributed by atoms with E-state index in [4.69, 9.17) is 5.73 Å². The van der Waals surface area contributed by atoms with Gasteiger partial charge in [-0.3, -0.25) is 0 Å². The highest BCUT2D eigenvalue weighted by Crippen LogP contribution is 2.29. The standard InChI is InChI=1S/C11H18N2O2S2/c12-7-10-6-11(16-8-10)17(14,15)13-5-4-9-2-1-3-9/h6,8-9,13H,1-5,7,12H2. The Bertz CT molecular complexity index is 464. The van der Waals surface area contributed by atoms with Gasteiger partial charge in [0.2, 0.25) is 10.0 Å². The zero-order valence-corrected chi connectivity index (χ0v) is 11.3. The van der Waals surface area contributed by atoms with Crippen LogP contribution in [0.5, 0.6) is 0 Å². The third-order valence-corrected chi connectivity index (χ3v) is 6.15. The van der Waals surface area contributed by atoms with E-state index in [0.29, 0.717) is 17.3 Å². The second kappa shape index (κ2) is 5.48. The second-order valence-corrected chi connectivity index (χ2v) is 7.37. The SMILES string of the molecule is NCc1csc(S(=O)(=O)NCCC2CCC2)c1. The lowest BCUT2D eigenvalue weighted by molar-refractivity contribution is 0.297. The van der Waals surface area contributed by atoms with Crippen molar-refractivity contribution in [3.63, 3.8) is 0 Å². The monoisotopic (exact) mass is 274 g/mol. The van der Waals surface area contributed by atoms with Crippen LogP contribution in [0.1, 0.15) is 31.2 Å². The second-order valence-electron chi connectivity index (χ2n) is 4.46. The summed E-state index contributed by atoms with van der Waals surface area (Å²) in [5, 5.41) is 1.79. The largest absolute Gasteiger partial charge is 0.326 e. The van der Waals surface area contributed by atoms with Crippen molar-refractivity contribution >= 4 is 21.4 Å². The molecular formula is C11H18N2O2S2. The van der Waals surface area contributed by atoms with Crippen molar-refractivity contribution in [1.29, 1.82) is 0 Å². The molecule has 0 aromatic carbocycles. The summed E-state index contributed by atoms with van der Waals surface area (Å²) in [6.07, 6.45) is 4.74. The molecule has 0 amide bonds. The van der Waals surface area contributed by atoms with Gasteiger partial charge in [-0.25, -0.2) is 13.1 Å². The molecule has 1 aliphatic rings. The maximum Gasteiger partial charge on any atom is 0.250 e. The van der Waals surface area contributed by atoms with E-state index in [9.17, 15) is 8.42 Å². The zero-order valence-electron chi connectivity index (χ0n) is 9.69. The first kappa shape index (κ1) is 13.0. The average Bonchev–Trinajstić information content (AvgIpc) is 2.71. The van der Waals surface area contributed by atoms with Crippen LogP contribution in [0.3, 0.4) is 0 Å². The van der Waals surface area contributed by atoms with Crippen LogP contribution < -0.4 is 10.5 Å². The molecule has 2 rings (SSSR count). The lowest BCUT2D eigenvalue weighted by atomic mass is 9.83. The van der Waals surface area contributed by atoms with Gasteiger partial charge in [-0.1, -0.05) is 19.3 Å². The van der Waals surface area contributed by atoms with Crippen LogP contribution in [-0.4, -0.2) is 15.0 Å². The van der Waals surface area contributed by atoms with Gasteiger partial charge in [-0.15, -0.1) is 11.3 Å². The Morgan fingerprint density at radius 2 is 2.24 bits per heavy atom. The highest BCUT2D eigenvalue weighted by Gasteiger charge is 2.20. The Kier molecular flexibility index (Phi) is 4.19. The van der Waals surface area contributed by atoms with Gasteiger partial charge in [0.15, 0.2) is 0 Å². The van der Waals surface area contributed by atoms with Crippen molar-refractivity contribution in [2.45, 2.75) is 36.4 Å². The van der Waals surface area contributed by atoms with Crippen LogP contribution in [0, 0.1) is 5.92 Å². The van der Waals surface area contributed by atoms with Crippen molar-refractivity contribution in [1.82, 2.24) is 4.72 Å². The van der Waals surface area contributed by atoms with Gasteiger partial charge in [-0.05, 0) is 29.3 Å². The molecule has 0 aliphatic heterocycles. The molecule has 1 aliphatic carbocycles. The molecular weight excluding hydrogens is 256 g/mol. The molecule has 1 aromatic rings. The zero-order chi connectivity index (χ0) is 12.3. The van der Waals surface area contributed by atoms with E-state index >= 15 is 0 Å². The average molecular weight is 274 g/mol. The summed E-state index contributed by atoms with van der Waals surface area (Å²) in [6.45, 7) is 0.928. The van der Waals surface area contributed by atoms with Crippen LogP contribution in [0.2, 0.25) is 0 Å². The molecule has 1 heterocycles. The molecule has 0 spiro atoms. The first-order valence-corrected chi connectivity index (χ1v) is 8.25. The first-order chi connectivity index (χ1) is 8.12. The normalized spacial score (nSPS) is 17.0. The Morgan fingerprint density at radius 1 is 1.47 bits per heavy atom. The van der Waals surface area contributed by atoms with Crippen molar-refractivity contribution < 1.29 is 8.42 Å². The number of nitrogens with one attached hydrogen (secondary N) is 1. The maximum absolute atomic E-state index is 11.9. The topological polar surface area (TPSA) is 72.2 Å². The summed E-state index contributed by atoms with van der Waals surface area (Å²) in [6, 6.07) is 1.65. The number of thiophene rings is 1. The van der Waals surface area contributed by atoms with E-state index in [0.717, 1.165) is 17.9 Å². The van der Waals surface area contributed by atoms with E-state index in [-0.39, 0.29) is 0 Å². The van der Waals surface area contributed by atoms with Gasteiger partial charge in [0.05, 0.1) is 0 Å². The quantitative estimate of drug-likeness (QED) is 0.829. The lowest BCUT2D eigenvalue weighted by Gasteiger charge is -2.24. The predicted molar refractivity (Wildman–Crippen MR) is 69.4 cm³/mol. The van der Waals surface area contributed by atoms with Gasteiger partial charge in [-0.2, -0.15) is 0 Å². The summed E-state index contributed by atoms with van der Waals surface area (Å²) in [5.41, 5.74) is 6.33. The van der Waals surface area contributed by atoms with E-state index in [1.807, 2.05) is 0 Å². The first-order valence-electron chi connectivity index (χ1n) is 5.89. The molecule has 0 atom stereocenters. The molecule has 0 saturated heterocycles. The summed E-state index contributed by atoms with van der Waals surface area (Å²) in [7, 11) is -3.32. The fourth-order valence-electron chi connectivity index (χ4n) is 1.85. The number of sulfonamides is 1. The highest BCUT2D eigenvalue weighted by atomic mass is 32.2. The molecule has 17 heavy (non-hydrogen) atoms. The number of nitrogens with two attached hydrogens (primary N) is 1. The van der Waals surface area contributed by atoms with Crippen molar-refractivity contribution in [2.24, 2.45) is 11.7 Å². The minimum atomic E-state index is -3.32. The van der Waals surface area contributed by atoms with Crippen LogP contribution in [0.25, 0.3) is 0 Å². The van der Waals surface area contributed by atoms with Crippen LogP contribution in [-0.2, 0) is 16.6 Å². The minimum Gasteiger partial charge on any atom is -0.326 e. The van der Waals surface area contributed by atoms with Gasteiger partial charge in [0, 0.05) is 13.1 Å². The molecule has 3 N–H and O–H groups in total.